The van der Waals surface area contributed by atoms with E-state index in [0.717, 1.165) is 0 Å². The molecule has 0 bridgehead atoms. The van der Waals surface area contributed by atoms with E-state index in [9.17, 15) is 13.8 Å². The maximum absolute atomic E-state index is 11.7. The van der Waals surface area contributed by atoms with E-state index in [1.165, 1.54) is 0 Å². The number of nitrogens with one attached hydrogen (secondary N) is 2. The molecule has 18 heavy (non-hydrogen) atoms. The van der Waals surface area contributed by atoms with Crippen molar-refractivity contribution in [2.24, 2.45) is 11.1 Å². The summed E-state index contributed by atoms with van der Waals surface area (Å²) < 4.78 is 11.2. The molecule has 3 amide bonds. The molecule has 0 radical (unpaired) electrons. The summed E-state index contributed by atoms with van der Waals surface area (Å²) in [5.74, 6) is 0.529. The van der Waals surface area contributed by atoms with Gasteiger partial charge in [-0.25, -0.2) is 4.79 Å². The van der Waals surface area contributed by atoms with Crippen LogP contribution in [0.15, 0.2) is 0 Å². The average Bonchev–Trinajstić information content (AvgIpc) is 2.58. The molecule has 0 aromatic carbocycles. The molecular formula is C11H21N3O3S. The van der Waals surface area contributed by atoms with Crippen molar-refractivity contribution in [2.45, 2.75) is 39.3 Å². The lowest BCUT2D eigenvalue weighted by molar-refractivity contribution is -0.122. The molecule has 0 aromatic rings. The van der Waals surface area contributed by atoms with Crippen molar-refractivity contribution in [2.75, 3.05) is 11.5 Å². The number of hydrogen-bond donors (Lipinski definition) is 3. The van der Waals surface area contributed by atoms with Crippen LogP contribution in [0.25, 0.3) is 0 Å². The third-order valence-corrected chi connectivity index (χ3v) is 4.31. The largest absolute Gasteiger partial charge is 0.368 e. The first-order valence-electron chi connectivity index (χ1n) is 5.91. The van der Waals surface area contributed by atoms with Crippen molar-refractivity contribution in [1.29, 1.82) is 0 Å². The summed E-state index contributed by atoms with van der Waals surface area (Å²) in [4.78, 5) is 23.0. The minimum Gasteiger partial charge on any atom is -0.368 e. The van der Waals surface area contributed by atoms with Gasteiger partial charge in [0.15, 0.2) is 0 Å². The number of urea groups is 1. The lowest BCUT2D eigenvalue weighted by Crippen LogP contribution is -2.56. The Morgan fingerprint density at radius 2 is 2.00 bits per heavy atom. The third kappa shape index (κ3) is 4.29. The Hall–Kier alpha value is -1.11. The molecule has 104 valence electrons. The molecule has 1 heterocycles. The molecule has 0 spiro atoms. The van der Waals surface area contributed by atoms with Crippen molar-refractivity contribution in [1.82, 2.24) is 10.6 Å². The van der Waals surface area contributed by atoms with Crippen molar-refractivity contribution < 1.29 is 13.8 Å². The topological polar surface area (TPSA) is 101 Å². The summed E-state index contributed by atoms with van der Waals surface area (Å²) in [6.07, 6.45) is 0.705. The van der Waals surface area contributed by atoms with Crippen LogP contribution in [-0.4, -0.2) is 39.7 Å². The monoisotopic (exact) mass is 275 g/mol. The van der Waals surface area contributed by atoms with E-state index < -0.39 is 34.2 Å². The highest BCUT2D eigenvalue weighted by molar-refractivity contribution is 7.85. The van der Waals surface area contributed by atoms with Gasteiger partial charge in [-0.2, -0.15) is 0 Å². The molecule has 3 atom stereocenters. The normalized spacial score (nSPS) is 25.5. The molecule has 1 fully saturated rings. The molecule has 1 rings (SSSR count). The second-order valence-electron chi connectivity index (χ2n) is 5.62. The minimum absolute atomic E-state index is 0.0840. The van der Waals surface area contributed by atoms with Gasteiger partial charge in [-0.1, -0.05) is 20.8 Å². The molecule has 0 aliphatic carbocycles. The zero-order chi connectivity index (χ0) is 13.9. The number of hydrogen-bond acceptors (Lipinski definition) is 3. The molecule has 1 saturated heterocycles. The minimum atomic E-state index is -0.842. The first kappa shape index (κ1) is 14.9. The van der Waals surface area contributed by atoms with E-state index >= 15 is 0 Å². The Bertz CT molecular complexity index is 365. The van der Waals surface area contributed by atoms with Gasteiger partial charge in [0.2, 0.25) is 5.91 Å². The maximum Gasteiger partial charge on any atom is 0.315 e. The van der Waals surface area contributed by atoms with Gasteiger partial charge in [0.05, 0.1) is 0 Å². The van der Waals surface area contributed by atoms with Gasteiger partial charge < -0.3 is 16.4 Å². The average molecular weight is 275 g/mol. The Balaban J connectivity index is 2.52. The number of primary amides is 1. The van der Waals surface area contributed by atoms with Crippen LogP contribution in [0.5, 0.6) is 0 Å². The predicted molar refractivity (Wildman–Crippen MR) is 70.4 cm³/mol. The standard InChI is InChI=1S/C11H21N3O3S/c1-11(2,3)8(9(12)15)14-10(16)13-7-4-5-18(17)6-7/h7-8H,4-6H2,1-3H3,(H2,12,15)(H2,13,14,16)/t7?,8-,18?/m1/s1. The zero-order valence-electron chi connectivity index (χ0n) is 11.0. The molecule has 1 aliphatic heterocycles. The van der Waals surface area contributed by atoms with E-state index in [1.54, 1.807) is 0 Å². The molecule has 0 saturated carbocycles. The Morgan fingerprint density at radius 3 is 2.39 bits per heavy atom. The van der Waals surface area contributed by atoms with Crippen LogP contribution >= 0.6 is 0 Å². The fourth-order valence-electron chi connectivity index (χ4n) is 1.85. The zero-order valence-corrected chi connectivity index (χ0v) is 11.8. The van der Waals surface area contributed by atoms with Crippen molar-refractivity contribution in [3.8, 4) is 0 Å². The summed E-state index contributed by atoms with van der Waals surface area (Å²) in [7, 11) is -0.842. The molecule has 2 unspecified atom stereocenters. The van der Waals surface area contributed by atoms with Crippen LogP contribution < -0.4 is 16.4 Å². The van der Waals surface area contributed by atoms with Crippen molar-refractivity contribution in [3.05, 3.63) is 0 Å². The summed E-state index contributed by atoms with van der Waals surface area (Å²) in [6, 6.07) is -1.25. The van der Waals surface area contributed by atoms with Crippen LogP contribution in [0.3, 0.4) is 0 Å². The number of carbonyl (C=O) groups excluding carboxylic acids is 2. The first-order valence-corrected chi connectivity index (χ1v) is 7.40. The highest BCUT2D eigenvalue weighted by atomic mass is 32.2. The van der Waals surface area contributed by atoms with E-state index in [0.29, 0.717) is 17.9 Å². The maximum atomic E-state index is 11.7. The lowest BCUT2D eigenvalue weighted by atomic mass is 9.86. The van der Waals surface area contributed by atoms with Crippen molar-refractivity contribution in [3.63, 3.8) is 0 Å². The third-order valence-electron chi connectivity index (χ3n) is 2.84. The Labute approximate surface area is 110 Å². The van der Waals surface area contributed by atoms with E-state index in [4.69, 9.17) is 5.73 Å². The van der Waals surface area contributed by atoms with Gasteiger partial charge in [-0.05, 0) is 11.8 Å². The van der Waals surface area contributed by atoms with Crippen LogP contribution in [0.1, 0.15) is 27.2 Å². The molecule has 6 nitrogen and oxygen atoms in total. The molecule has 4 N–H and O–H groups in total. The first-order chi connectivity index (χ1) is 8.20. The molecule has 7 heteroatoms. The van der Waals surface area contributed by atoms with Gasteiger partial charge in [0, 0.05) is 28.3 Å². The van der Waals surface area contributed by atoms with Gasteiger partial charge in [-0.3, -0.25) is 9.00 Å². The van der Waals surface area contributed by atoms with Gasteiger partial charge in [0.1, 0.15) is 6.04 Å². The van der Waals surface area contributed by atoms with Crippen LogP contribution in [0.4, 0.5) is 4.79 Å². The summed E-state index contributed by atoms with van der Waals surface area (Å²) in [5, 5.41) is 5.29. The SMILES string of the molecule is CC(C)(C)[C@H](NC(=O)NC1CCS(=O)C1)C(N)=O. The summed E-state index contributed by atoms with van der Waals surface area (Å²) >= 11 is 0. The second kappa shape index (κ2) is 5.69. The number of amides is 3. The molecular weight excluding hydrogens is 254 g/mol. The smallest absolute Gasteiger partial charge is 0.315 e. The lowest BCUT2D eigenvalue weighted by Gasteiger charge is -2.29. The van der Waals surface area contributed by atoms with E-state index in [2.05, 4.69) is 10.6 Å². The molecule has 0 aromatic heterocycles. The summed E-state index contributed by atoms with van der Waals surface area (Å²) in [5.41, 5.74) is 4.83. The number of rotatable bonds is 3. The van der Waals surface area contributed by atoms with Crippen LogP contribution in [0.2, 0.25) is 0 Å². The predicted octanol–water partition coefficient (Wildman–Crippen LogP) is -0.293. The quantitative estimate of drug-likeness (QED) is 0.659. The summed E-state index contributed by atoms with van der Waals surface area (Å²) in [6.45, 7) is 5.48. The fraction of sp³-hybridized carbons (Fsp3) is 0.818. The second-order valence-corrected chi connectivity index (χ2v) is 7.24. The Morgan fingerprint density at radius 1 is 1.39 bits per heavy atom. The number of carbonyl (C=O) groups is 2. The van der Waals surface area contributed by atoms with E-state index in [1.807, 2.05) is 20.8 Å². The van der Waals surface area contributed by atoms with Gasteiger partial charge in [0.25, 0.3) is 0 Å². The van der Waals surface area contributed by atoms with E-state index in [-0.39, 0.29) is 6.04 Å². The van der Waals surface area contributed by atoms with Crippen LogP contribution in [0, 0.1) is 5.41 Å². The van der Waals surface area contributed by atoms with Gasteiger partial charge in [-0.15, -0.1) is 0 Å². The van der Waals surface area contributed by atoms with Crippen molar-refractivity contribution >= 4 is 22.7 Å². The molecule has 1 aliphatic rings. The highest BCUT2D eigenvalue weighted by Crippen LogP contribution is 2.18. The van der Waals surface area contributed by atoms with Crippen LogP contribution in [-0.2, 0) is 15.6 Å². The Kier molecular flexibility index (Phi) is 4.72. The number of nitrogens with two attached hydrogens (primary N) is 1. The highest BCUT2D eigenvalue weighted by Gasteiger charge is 2.32. The van der Waals surface area contributed by atoms with Gasteiger partial charge >= 0.3 is 6.03 Å². The fourth-order valence-corrected chi connectivity index (χ4v) is 3.26.